The van der Waals surface area contributed by atoms with E-state index in [4.69, 9.17) is 4.74 Å². The fraction of sp³-hybridized carbons (Fsp3) is 0.667. The molecule has 0 saturated carbocycles. The standard InChI is InChI=1S/C12H23N5O/c1-13-11-10(18-5)12(15-9-14-11)17(4)8-6-7-16(2)3/h9H,6-8H2,1-5H3,(H,13,14,15). The molecule has 0 aromatic carbocycles. The average Bonchev–Trinajstić information content (AvgIpc) is 2.36. The minimum Gasteiger partial charge on any atom is -0.490 e. The van der Waals surface area contributed by atoms with Crippen molar-refractivity contribution >= 4 is 11.6 Å². The summed E-state index contributed by atoms with van der Waals surface area (Å²) in [5.74, 6) is 2.21. The molecule has 0 bridgehead atoms. The Kier molecular flexibility index (Phi) is 5.64. The summed E-state index contributed by atoms with van der Waals surface area (Å²) in [6, 6.07) is 0. The molecule has 1 aromatic heterocycles. The fourth-order valence-electron chi connectivity index (χ4n) is 1.73. The predicted molar refractivity (Wildman–Crippen MR) is 74.6 cm³/mol. The number of aromatic nitrogens is 2. The predicted octanol–water partition coefficient (Wildman–Crippen LogP) is 0.915. The highest BCUT2D eigenvalue weighted by Crippen LogP contribution is 2.30. The Labute approximate surface area is 109 Å². The van der Waals surface area contributed by atoms with Crippen molar-refractivity contribution in [3.8, 4) is 5.75 Å². The van der Waals surface area contributed by atoms with Crippen LogP contribution in [-0.2, 0) is 0 Å². The van der Waals surface area contributed by atoms with Crippen molar-refractivity contribution in [3.05, 3.63) is 6.33 Å². The van der Waals surface area contributed by atoms with E-state index in [2.05, 4.69) is 39.2 Å². The molecule has 0 unspecified atom stereocenters. The second kappa shape index (κ2) is 7.00. The van der Waals surface area contributed by atoms with Crippen molar-refractivity contribution in [1.82, 2.24) is 14.9 Å². The number of hydrogen-bond donors (Lipinski definition) is 1. The topological polar surface area (TPSA) is 53.5 Å². The van der Waals surface area contributed by atoms with Crippen LogP contribution in [0.2, 0.25) is 0 Å². The van der Waals surface area contributed by atoms with Gasteiger partial charge in [0, 0.05) is 20.6 Å². The Hall–Kier alpha value is -1.56. The highest BCUT2D eigenvalue weighted by atomic mass is 16.5. The van der Waals surface area contributed by atoms with Crippen molar-refractivity contribution in [3.63, 3.8) is 0 Å². The van der Waals surface area contributed by atoms with Crippen LogP contribution in [0, 0.1) is 0 Å². The van der Waals surface area contributed by atoms with Gasteiger partial charge >= 0.3 is 0 Å². The molecule has 102 valence electrons. The van der Waals surface area contributed by atoms with Gasteiger partial charge in [0.05, 0.1) is 7.11 Å². The highest BCUT2D eigenvalue weighted by Gasteiger charge is 2.14. The summed E-state index contributed by atoms with van der Waals surface area (Å²) in [4.78, 5) is 12.7. The van der Waals surface area contributed by atoms with E-state index in [0.29, 0.717) is 11.6 Å². The molecular formula is C12H23N5O. The lowest BCUT2D eigenvalue weighted by Crippen LogP contribution is -2.24. The average molecular weight is 253 g/mol. The Balaban J connectivity index is 2.75. The Morgan fingerprint density at radius 1 is 1.22 bits per heavy atom. The van der Waals surface area contributed by atoms with Crippen molar-refractivity contribution in [1.29, 1.82) is 0 Å². The van der Waals surface area contributed by atoms with Crippen LogP contribution in [0.4, 0.5) is 11.6 Å². The van der Waals surface area contributed by atoms with Gasteiger partial charge in [0.25, 0.3) is 0 Å². The van der Waals surface area contributed by atoms with Gasteiger partial charge in [-0.1, -0.05) is 0 Å². The van der Waals surface area contributed by atoms with Crippen LogP contribution in [0.1, 0.15) is 6.42 Å². The molecule has 0 spiro atoms. The molecule has 0 aliphatic heterocycles. The molecule has 1 N–H and O–H groups in total. The van der Waals surface area contributed by atoms with Crippen LogP contribution >= 0.6 is 0 Å². The van der Waals surface area contributed by atoms with E-state index in [1.54, 1.807) is 13.4 Å². The minimum absolute atomic E-state index is 0.687. The monoisotopic (exact) mass is 253 g/mol. The summed E-state index contributed by atoms with van der Waals surface area (Å²) < 4.78 is 5.38. The van der Waals surface area contributed by atoms with Gasteiger partial charge in [-0.05, 0) is 27.1 Å². The Morgan fingerprint density at radius 2 is 1.94 bits per heavy atom. The maximum Gasteiger partial charge on any atom is 0.204 e. The zero-order valence-electron chi connectivity index (χ0n) is 11.9. The molecular weight excluding hydrogens is 230 g/mol. The number of hydrogen-bond acceptors (Lipinski definition) is 6. The SMILES string of the molecule is CNc1ncnc(N(C)CCCN(C)C)c1OC. The quantitative estimate of drug-likeness (QED) is 0.779. The van der Waals surface area contributed by atoms with Crippen LogP contribution in [0.3, 0.4) is 0 Å². The molecule has 0 aliphatic rings. The normalized spacial score (nSPS) is 10.6. The van der Waals surface area contributed by atoms with Gasteiger partial charge in [-0.3, -0.25) is 0 Å². The number of methoxy groups -OCH3 is 1. The molecule has 0 aliphatic carbocycles. The minimum atomic E-state index is 0.687. The Morgan fingerprint density at radius 3 is 2.50 bits per heavy atom. The van der Waals surface area contributed by atoms with E-state index in [0.717, 1.165) is 25.3 Å². The third kappa shape index (κ3) is 3.73. The lowest BCUT2D eigenvalue weighted by Gasteiger charge is -2.22. The molecule has 6 nitrogen and oxygen atoms in total. The first-order valence-electron chi connectivity index (χ1n) is 6.02. The molecule has 18 heavy (non-hydrogen) atoms. The first-order chi connectivity index (χ1) is 8.60. The first-order valence-corrected chi connectivity index (χ1v) is 6.02. The van der Waals surface area contributed by atoms with Gasteiger partial charge in [-0.25, -0.2) is 9.97 Å². The molecule has 0 atom stereocenters. The number of nitrogens with one attached hydrogen (secondary N) is 1. The number of ether oxygens (including phenoxy) is 1. The van der Waals surface area contributed by atoms with Crippen LogP contribution in [0.15, 0.2) is 6.33 Å². The summed E-state index contributed by atoms with van der Waals surface area (Å²) in [6.45, 7) is 1.98. The second-order valence-electron chi connectivity index (χ2n) is 4.41. The Bertz CT molecular complexity index is 369. The first kappa shape index (κ1) is 14.5. The van der Waals surface area contributed by atoms with Gasteiger partial charge in [0.2, 0.25) is 5.75 Å². The summed E-state index contributed by atoms with van der Waals surface area (Å²) in [6.07, 6.45) is 2.62. The van der Waals surface area contributed by atoms with Crippen LogP contribution < -0.4 is 15.0 Å². The zero-order chi connectivity index (χ0) is 13.5. The molecule has 1 heterocycles. The van der Waals surface area contributed by atoms with Crippen LogP contribution in [0.25, 0.3) is 0 Å². The summed E-state index contributed by atoms with van der Waals surface area (Å²) in [5.41, 5.74) is 0. The molecule has 6 heteroatoms. The van der Waals surface area contributed by atoms with E-state index in [9.17, 15) is 0 Å². The van der Waals surface area contributed by atoms with Crippen molar-refractivity contribution < 1.29 is 4.74 Å². The maximum atomic E-state index is 5.38. The summed E-state index contributed by atoms with van der Waals surface area (Å²) in [5, 5.41) is 3.01. The molecule has 1 aromatic rings. The molecule has 0 saturated heterocycles. The number of nitrogens with zero attached hydrogens (tertiary/aromatic N) is 4. The van der Waals surface area contributed by atoms with Gasteiger partial charge in [0.1, 0.15) is 6.33 Å². The van der Waals surface area contributed by atoms with E-state index in [1.807, 2.05) is 14.1 Å². The van der Waals surface area contributed by atoms with Crippen molar-refractivity contribution in [2.45, 2.75) is 6.42 Å². The van der Waals surface area contributed by atoms with Gasteiger partial charge in [0.15, 0.2) is 11.6 Å². The zero-order valence-corrected chi connectivity index (χ0v) is 11.9. The van der Waals surface area contributed by atoms with E-state index in [-0.39, 0.29) is 0 Å². The van der Waals surface area contributed by atoms with Crippen molar-refractivity contribution in [2.24, 2.45) is 0 Å². The second-order valence-corrected chi connectivity index (χ2v) is 4.41. The fourth-order valence-corrected chi connectivity index (χ4v) is 1.73. The molecule has 0 radical (unpaired) electrons. The van der Waals surface area contributed by atoms with E-state index < -0.39 is 0 Å². The maximum absolute atomic E-state index is 5.38. The number of anilines is 2. The lowest BCUT2D eigenvalue weighted by atomic mass is 10.3. The van der Waals surface area contributed by atoms with Crippen LogP contribution in [-0.4, -0.2) is 63.3 Å². The lowest BCUT2D eigenvalue weighted by molar-refractivity contribution is 0.398. The molecule has 0 fully saturated rings. The third-order valence-electron chi connectivity index (χ3n) is 2.69. The largest absolute Gasteiger partial charge is 0.490 e. The van der Waals surface area contributed by atoms with E-state index >= 15 is 0 Å². The van der Waals surface area contributed by atoms with Crippen LogP contribution in [0.5, 0.6) is 5.75 Å². The highest BCUT2D eigenvalue weighted by molar-refractivity contribution is 5.64. The summed E-state index contributed by atoms with van der Waals surface area (Å²) in [7, 11) is 9.62. The van der Waals surface area contributed by atoms with Gasteiger partial charge in [-0.2, -0.15) is 0 Å². The molecule has 0 amide bonds. The molecule has 1 rings (SSSR count). The smallest absolute Gasteiger partial charge is 0.204 e. The number of rotatable bonds is 7. The van der Waals surface area contributed by atoms with Gasteiger partial charge < -0.3 is 19.9 Å². The van der Waals surface area contributed by atoms with E-state index in [1.165, 1.54) is 0 Å². The summed E-state index contributed by atoms with van der Waals surface area (Å²) >= 11 is 0. The van der Waals surface area contributed by atoms with Crippen molar-refractivity contribution in [2.75, 3.05) is 58.6 Å². The van der Waals surface area contributed by atoms with Gasteiger partial charge in [-0.15, -0.1) is 0 Å². The third-order valence-corrected chi connectivity index (χ3v) is 2.69.